The molecule has 4 rings (SSSR count). The number of hydrogen-bond donors (Lipinski definition) is 1. The van der Waals surface area contributed by atoms with Gasteiger partial charge in [0, 0.05) is 38.2 Å². The third-order valence-electron chi connectivity index (χ3n) is 6.23. The molecule has 1 aromatic carbocycles. The van der Waals surface area contributed by atoms with Crippen molar-refractivity contribution in [3.05, 3.63) is 42.1 Å². The Morgan fingerprint density at radius 1 is 1.10 bits per heavy atom. The predicted molar refractivity (Wildman–Crippen MR) is 121 cm³/mol. The van der Waals surface area contributed by atoms with Crippen LogP contribution in [-0.4, -0.2) is 71.8 Å². The molecule has 0 radical (unpaired) electrons. The molecule has 1 aliphatic heterocycles. The summed E-state index contributed by atoms with van der Waals surface area (Å²) in [5.74, 6) is 1.14. The number of carbonyl (C=O) groups excluding carboxylic acids is 1. The second-order valence-corrected chi connectivity index (χ2v) is 10.6. The van der Waals surface area contributed by atoms with Gasteiger partial charge in [-0.1, -0.05) is 31.0 Å². The van der Waals surface area contributed by atoms with Gasteiger partial charge in [-0.05, 0) is 31.9 Å². The minimum absolute atomic E-state index is 0.109. The van der Waals surface area contributed by atoms with Crippen LogP contribution in [0.25, 0.3) is 5.69 Å². The summed E-state index contributed by atoms with van der Waals surface area (Å²) in [5.41, 5.74) is 1.95. The second kappa shape index (κ2) is 9.50. The van der Waals surface area contributed by atoms with Crippen molar-refractivity contribution in [1.29, 1.82) is 0 Å². The summed E-state index contributed by atoms with van der Waals surface area (Å²) in [6.07, 6.45) is 4.74. The zero-order valence-corrected chi connectivity index (χ0v) is 18.9. The highest BCUT2D eigenvalue weighted by atomic mass is 32.2. The molecular formula is C22H31N5O3S. The number of nitrogens with zero attached hydrogens (tertiary/aromatic N) is 4. The smallest absolute Gasteiger partial charge is 0.239 e. The average Bonchev–Trinajstić information content (AvgIpc) is 3.45. The van der Waals surface area contributed by atoms with Crippen LogP contribution in [0.15, 0.2) is 36.4 Å². The summed E-state index contributed by atoms with van der Waals surface area (Å²) in [5, 5.41) is 7.86. The van der Waals surface area contributed by atoms with Crippen molar-refractivity contribution in [1.82, 2.24) is 19.0 Å². The molecule has 168 valence electrons. The number of benzene rings is 1. The normalized spacial score (nSPS) is 19.0. The van der Waals surface area contributed by atoms with Crippen LogP contribution >= 0.6 is 0 Å². The van der Waals surface area contributed by atoms with Gasteiger partial charge >= 0.3 is 0 Å². The molecule has 2 aromatic rings. The SMILES string of the molecule is CCS(=O)(=O)N1CCN(CC(=O)Nc2cc(C3CCCC3)nn2-c2ccccc2)CC1. The van der Waals surface area contributed by atoms with Crippen molar-refractivity contribution in [2.45, 2.75) is 38.5 Å². The number of sulfonamides is 1. The molecule has 8 nitrogen and oxygen atoms in total. The van der Waals surface area contributed by atoms with Crippen LogP contribution in [0.5, 0.6) is 0 Å². The predicted octanol–water partition coefficient (Wildman–Crippen LogP) is 2.44. The summed E-state index contributed by atoms with van der Waals surface area (Å²) < 4.78 is 27.4. The maximum absolute atomic E-state index is 12.8. The van der Waals surface area contributed by atoms with Crippen LogP contribution in [-0.2, 0) is 14.8 Å². The number of rotatable bonds is 7. The maximum atomic E-state index is 12.8. The third-order valence-corrected chi connectivity index (χ3v) is 8.11. The summed E-state index contributed by atoms with van der Waals surface area (Å²) in [7, 11) is -3.17. The van der Waals surface area contributed by atoms with Gasteiger partial charge in [0.05, 0.1) is 23.7 Å². The summed E-state index contributed by atoms with van der Waals surface area (Å²) >= 11 is 0. The van der Waals surface area contributed by atoms with E-state index in [1.54, 1.807) is 6.92 Å². The van der Waals surface area contributed by atoms with Gasteiger partial charge in [0.2, 0.25) is 15.9 Å². The lowest BCUT2D eigenvalue weighted by Crippen LogP contribution is -2.50. The number of anilines is 1. The Kier molecular flexibility index (Phi) is 6.74. The molecule has 1 aliphatic carbocycles. The first-order valence-corrected chi connectivity index (χ1v) is 12.7. The number of hydrogen-bond acceptors (Lipinski definition) is 5. The molecule has 0 atom stereocenters. The van der Waals surface area contributed by atoms with Gasteiger partial charge < -0.3 is 5.32 Å². The van der Waals surface area contributed by atoms with E-state index in [0.29, 0.717) is 37.9 Å². The molecule has 2 heterocycles. The molecule has 9 heteroatoms. The number of piperazine rings is 1. The Hall–Kier alpha value is -2.23. The van der Waals surface area contributed by atoms with Crippen LogP contribution in [0, 0.1) is 0 Å². The summed E-state index contributed by atoms with van der Waals surface area (Å²) in [4.78, 5) is 14.8. The Labute approximate surface area is 184 Å². The van der Waals surface area contributed by atoms with E-state index in [1.807, 2.05) is 46.0 Å². The van der Waals surface area contributed by atoms with Crippen LogP contribution < -0.4 is 5.32 Å². The molecule has 31 heavy (non-hydrogen) atoms. The fraction of sp³-hybridized carbons (Fsp3) is 0.545. The van der Waals surface area contributed by atoms with E-state index in [9.17, 15) is 13.2 Å². The van der Waals surface area contributed by atoms with Crippen LogP contribution in [0.1, 0.15) is 44.2 Å². The Morgan fingerprint density at radius 3 is 2.42 bits per heavy atom. The standard InChI is InChI=1S/C22H31N5O3S/c1-2-31(29,30)26-14-12-25(13-15-26)17-22(28)23-21-16-20(18-8-6-7-9-18)24-27(21)19-10-4-3-5-11-19/h3-5,10-11,16,18H,2,6-9,12-15,17H2,1H3,(H,23,28). The van der Waals surface area contributed by atoms with Crippen molar-refractivity contribution >= 4 is 21.7 Å². The van der Waals surface area contributed by atoms with E-state index < -0.39 is 10.0 Å². The van der Waals surface area contributed by atoms with Crippen molar-refractivity contribution < 1.29 is 13.2 Å². The van der Waals surface area contributed by atoms with Gasteiger partial charge in [-0.15, -0.1) is 0 Å². The van der Waals surface area contributed by atoms with E-state index in [0.717, 1.165) is 24.2 Å². The molecule has 0 spiro atoms. The molecule has 1 aromatic heterocycles. The molecule has 1 N–H and O–H groups in total. The van der Waals surface area contributed by atoms with Crippen LogP contribution in [0.3, 0.4) is 0 Å². The van der Waals surface area contributed by atoms with Crippen LogP contribution in [0.4, 0.5) is 5.82 Å². The average molecular weight is 446 g/mol. The largest absolute Gasteiger partial charge is 0.309 e. The van der Waals surface area contributed by atoms with Gasteiger partial charge in [0.1, 0.15) is 5.82 Å². The van der Waals surface area contributed by atoms with Crippen LogP contribution in [0.2, 0.25) is 0 Å². The van der Waals surface area contributed by atoms with Gasteiger partial charge in [0.15, 0.2) is 0 Å². The lowest BCUT2D eigenvalue weighted by Gasteiger charge is -2.33. The topological polar surface area (TPSA) is 87.5 Å². The lowest BCUT2D eigenvalue weighted by molar-refractivity contribution is -0.117. The highest BCUT2D eigenvalue weighted by Crippen LogP contribution is 2.35. The molecule has 2 fully saturated rings. The number of nitrogens with one attached hydrogen (secondary N) is 1. The highest BCUT2D eigenvalue weighted by molar-refractivity contribution is 7.89. The van der Waals surface area contributed by atoms with Gasteiger partial charge in [0.25, 0.3) is 0 Å². The van der Waals surface area contributed by atoms with Gasteiger partial charge in [-0.2, -0.15) is 9.40 Å². The van der Waals surface area contributed by atoms with E-state index in [4.69, 9.17) is 5.10 Å². The molecule has 0 unspecified atom stereocenters. The van der Waals surface area contributed by atoms with E-state index in [1.165, 1.54) is 17.1 Å². The first-order valence-electron chi connectivity index (χ1n) is 11.1. The zero-order chi connectivity index (χ0) is 21.8. The molecular weight excluding hydrogens is 414 g/mol. The summed E-state index contributed by atoms with van der Waals surface area (Å²) in [6, 6.07) is 11.8. The number of aromatic nitrogens is 2. The maximum Gasteiger partial charge on any atom is 0.239 e. The van der Waals surface area contributed by atoms with E-state index in [-0.39, 0.29) is 18.2 Å². The monoisotopic (exact) mass is 445 g/mol. The zero-order valence-electron chi connectivity index (χ0n) is 18.0. The first kappa shape index (κ1) is 22.0. The fourth-order valence-electron chi connectivity index (χ4n) is 4.41. The minimum atomic E-state index is -3.17. The van der Waals surface area contributed by atoms with Crippen molar-refractivity contribution in [2.75, 3.05) is 43.8 Å². The fourth-order valence-corrected chi connectivity index (χ4v) is 5.49. The van der Waals surface area contributed by atoms with Crippen molar-refractivity contribution in [2.24, 2.45) is 0 Å². The Bertz CT molecular complexity index is 991. The second-order valence-electron chi connectivity index (χ2n) is 8.31. The van der Waals surface area contributed by atoms with Crippen molar-refractivity contribution in [3.8, 4) is 5.69 Å². The molecule has 1 saturated carbocycles. The first-order chi connectivity index (χ1) is 15.0. The van der Waals surface area contributed by atoms with Gasteiger partial charge in [-0.25, -0.2) is 13.1 Å². The quantitative estimate of drug-likeness (QED) is 0.707. The number of para-hydroxylation sites is 1. The lowest BCUT2D eigenvalue weighted by atomic mass is 10.0. The Balaban J connectivity index is 1.43. The minimum Gasteiger partial charge on any atom is -0.309 e. The summed E-state index contributed by atoms with van der Waals surface area (Å²) in [6.45, 7) is 3.86. The molecule has 1 saturated heterocycles. The number of carbonyl (C=O) groups is 1. The molecule has 0 bridgehead atoms. The van der Waals surface area contributed by atoms with Gasteiger partial charge in [-0.3, -0.25) is 9.69 Å². The molecule has 1 amide bonds. The van der Waals surface area contributed by atoms with E-state index >= 15 is 0 Å². The highest BCUT2D eigenvalue weighted by Gasteiger charge is 2.27. The number of amides is 1. The van der Waals surface area contributed by atoms with Crippen molar-refractivity contribution in [3.63, 3.8) is 0 Å². The Morgan fingerprint density at radius 2 is 1.77 bits per heavy atom. The third kappa shape index (κ3) is 5.16. The van der Waals surface area contributed by atoms with E-state index in [2.05, 4.69) is 5.32 Å². The molecule has 2 aliphatic rings.